The molecule has 176 valence electrons. The van der Waals surface area contributed by atoms with Gasteiger partial charge in [-0.1, -0.05) is 42.5 Å². The SMILES string of the molecule is CCN(c1ccccc1)S(=O)(=O)c1cccc(C(=O)OCC(=O)N2CCCc3ccccc32)c1. The van der Waals surface area contributed by atoms with E-state index in [2.05, 4.69) is 0 Å². The van der Waals surface area contributed by atoms with Gasteiger partial charge in [0.2, 0.25) is 0 Å². The molecule has 0 fully saturated rings. The van der Waals surface area contributed by atoms with Gasteiger partial charge >= 0.3 is 5.97 Å². The molecule has 1 heterocycles. The minimum atomic E-state index is -3.89. The minimum Gasteiger partial charge on any atom is -0.452 e. The van der Waals surface area contributed by atoms with E-state index >= 15 is 0 Å². The van der Waals surface area contributed by atoms with E-state index in [0.29, 0.717) is 12.2 Å². The highest BCUT2D eigenvalue weighted by molar-refractivity contribution is 7.92. The number of para-hydroxylation sites is 2. The zero-order chi connectivity index (χ0) is 24.1. The van der Waals surface area contributed by atoms with Crippen LogP contribution in [-0.2, 0) is 26.0 Å². The quantitative estimate of drug-likeness (QED) is 0.479. The Morgan fingerprint density at radius 2 is 1.71 bits per heavy atom. The van der Waals surface area contributed by atoms with Crippen LogP contribution in [0.5, 0.6) is 0 Å². The molecule has 1 aliphatic rings. The Kier molecular flexibility index (Phi) is 6.98. The molecule has 0 bridgehead atoms. The van der Waals surface area contributed by atoms with Crippen LogP contribution in [0.2, 0.25) is 0 Å². The van der Waals surface area contributed by atoms with Gasteiger partial charge in [-0.15, -0.1) is 0 Å². The van der Waals surface area contributed by atoms with Gasteiger partial charge in [0.25, 0.3) is 15.9 Å². The second-order valence-corrected chi connectivity index (χ2v) is 9.75. The van der Waals surface area contributed by atoms with Crippen LogP contribution in [0.15, 0.2) is 83.8 Å². The molecule has 0 saturated heterocycles. The van der Waals surface area contributed by atoms with E-state index in [1.54, 1.807) is 36.1 Å². The molecule has 0 unspecified atom stereocenters. The van der Waals surface area contributed by atoms with Crippen molar-refractivity contribution >= 4 is 33.3 Å². The van der Waals surface area contributed by atoms with Gasteiger partial charge in [0, 0.05) is 18.8 Å². The first-order valence-corrected chi connectivity index (χ1v) is 12.6. The average molecular weight is 479 g/mol. The largest absolute Gasteiger partial charge is 0.452 e. The van der Waals surface area contributed by atoms with E-state index < -0.39 is 22.6 Å². The Morgan fingerprint density at radius 1 is 0.971 bits per heavy atom. The lowest BCUT2D eigenvalue weighted by atomic mass is 10.0. The molecule has 0 spiro atoms. The van der Waals surface area contributed by atoms with Gasteiger partial charge in [0.05, 0.1) is 16.1 Å². The van der Waals surface area contributed by atoms with Crippen molar-refractivity contribution in [1.29, 1.82) is 0 Å². The number of anilines is 2. The van der Waals surface area contributed by atoms with Crippen molar-refractivity contribution in [3.8, 4) is 0 Å². The van der Waals surface area contributed by atoms with E-state index in [1.807, 2.05) is 30.3 Å². The summed E-state index contributed by atoms with van der Waals surface area (Å²) in [6.07, 6.45) is 1.74. The first-order valence-electron chi connectivity index (χ1n) is 11.1. The fourth-order valence-corrected chi connectivity index (χ4v) is 5.60. The number of sulfonamides is 1. The number of amides is 1. The van der Waals surface area contributed by atoms with Gasteiger partial charge in [-0.2, -0.15) is 0 Å². The number of hydrogen-bond donors (Lipinski definition) is 0. The molecule has 8 heteroatoms. The number of carbonyl (C=O) groups is 2. The Morgan fingerprint density at radius 3 is 2.47 bits per heavy atom. The van der Waals surface area contributed by atoms with Crippen molar-refractivity contribution in [3.63, 3.8) is 0 Å². The van der Waals surface area contributed by atoms with Crippen LogP contribution < -0.4 is 9.21 Å². The third-order valence-corrected chi connectivity index (χ3v) is 7.63. The van der Waals surface area contributed by atoms with Gasteiger partial charge in [0.15, 0.2) is 6.61 Å². The van der Waals surface area contributed by atoms with Crippen LogP contribution in [0.3, 0.4) is 0 Å². The van der Waals surface area contributed by atoms with Crippen LogP contribution in [0.4, 0.5) is 11.4 Å². The number of fused-ring (bicyclic) bond motifs is 1. The van der Waals surface area contributed by atoms with Gasteiger partial charge in [-0.05, 0) is 61.7 Å². The number of rotatable bonds is 7. The average Bonchev–Trinajstić information content (AvgIpc) is 2.87. The first-order chi connectivity index (χ1) is 16.4. The fourth-order valence-electron chi connectivity index (χ4n) is 4.08. The lowest BCUT2D eigenvalue weighted by molar-refractivity contribution is -0.121. The first kappa shape index (κ1) is 23.5. The third-order valence-electron chi connectivity index (χ3n) is 5.73. The molecule has 4 rings (SSSR count). The van der Waals surface area contributed by atoms with Crippen molar-refractivity contribution in [1.82, 2.24) is 0 Å². The smallest absolute Gasteiger partial charge is 0.338 e. The molecule has 1 amide bonds. The van der Waals surface area contributed by atoms with Gasteiger partial charge in [-0.3, -0.25) is 9.10 Å². The van der Waals surface area contributed by atoms with E-state index in [9.17, 15) is 18.0 Å². The van der Waals surface area contributed by atoms with E-state index in [1.165, 1.54) is 28.6 Å². The van der Waals surface area contributed by atoms with Crippen LogP contribution in [0.1, 0.15) is 29.3 Å². The summed E-state index contributed by atoms with van der Waals surface area (Å²) in [6, 6.07) is 22.1. The predicted molar refractivity (Wildman–Crippen MR) is 130 cm³/mol. The Bertz CT molecular complexity index is 1290. The van der Waals surface area contributed by atoms with Crippen molar-refractivity contribution in [3.05, 3.63) is 90.0 Å². The molecule has 34 heavy (non-hydrogen) atoms. The number of nitrogens with zero attached hydrogens (tertiary/aromatic N) is 2. The Labute approximate surface area is 199 Å². The zero-order valence-electron chi connectivity index (χ0n) is 18.9. The van der Waals surface area contributed by atoms with Crippen LogP contribution in [0.25, 0.3) is 0 Å². The number of carbonyl (C=O) groups excluding carboxylic acids is 2. The summed E-state index contributed by atoms with van der Waals surface area (Å²) >= 11 is 0. The van der Waals surface area contributed by atoms with Gasteiger partial charge < -0.3 is 9.64 Å². The molecule has 0 aromatic heterocycles. The van der Waals surface area contributed by atoms with Crippen LogP contribution >= 0.6 is 0 Å². The van der Waals surface area contributed by atoms with Crippen molar-refractivity contribution in [2.24, 2.45) is 0 Å². The van der Waals surface area contributed by atoms with Crippen molar-refractivity contribution in [2.45, 2.75) is 24.7 Å². The van der Waals surface area contributed by atoms with Gasteiger partial charge in [0.1, 0.15) is 0 Å². The second-order valence-electron chi connectivity index (χ2n) is 7.89. The maximum absolute atomic E-state index is 13.2. The zero-order valence-corrected chi connectivity index (χ0v) is 19.7. The maximum Gasteiger partial charge on any atom is 0.338 e. The molecule has 3 aromatic carbocycles. The molecule has 0 aliphatic carbocycles. The molecule has 3 aromatic rings. The summed E-state index contributed by atoms with van der Waals surface area (Å²) in [5.41, 5.74) is 2.52. The summed E-state index contributed by atoms with van der Waals surface area (Å²) in [5, 5.41) is 0. The minimum absolute atomic E-state index is 0.0241. The summed E-state index contributed by atoms with van der Waals surface area (Å²) in [5.74, 6) is -1.07. The highest BCUT2D eigenvalue weighted by Gasteiger charge is 2.26. The number of esters is 1. The van der Waals surface area contributed by atoms with E-state index in [0.717, 1.165) is 24.1 Å². The number of ether oxygens (including phenoxy) is 1. The Hall–Kier alpha value is -3.65. The lowest BCUT2D eigenvalue weighted by Crippen LogP contribution is -2.38. The molecule has 0 saturated carbocycles. The van der Waals surface area contributed by atoms with Crippen molar-refractivity contribution < 1.29 is 22.7 Å². The van der Waals surface area contributed by atoms with E-state index in [4.69, 9.17) is 4.74 Å². The van der Waals surface area contributed by atoms with Crippen LogP contribution in [-0.4, -0.2) is 40.0 Å². The summed E-state index contributed by atoms with van der Waals surface area (Å²) in [4.78, 5) is 27.0. The molecule has 7 nitrogen and oxygen atoms in total. The molecule has 0 atom stereocenters. The maximum atomic E-state index is 13.2. The lowest BCUT2D eigenvalue weighted by Gasteiger charge is -2.29. The summed E-state index contributed by atoms with van der Waals surface area (Å²) in [6.45, 7) is 2.11. The third kappa shape index (κ3) is 4.82. The highest BCUT2D eigenvalue weighted by Crippen LogP contribution is 2.27. The Balaban J connectivity index is 1.48. The normalized spacial score (nSPS) is 13.1. The molecular weight excluding hydrogens is 452 g/mol. The second kappa shape index (κ2) is 10.1. The number of hydrogen-bond acceptors (Lipinski definition) is 5. The van der Waals surface area contributed by atoms with E-state index in [-0.39, 0.29) is 22.9 Å². The molecular formula is C26H26N2O5S. The van der Waals surface area contributed by atoms with Gasteiger partial charge in [-0.25, -0.2) is 13.2 Å². The number of benzene rings is 3. The predicted octanol–water partition coefficient (Wildman–Crippen LogP) is 4.04. The fraction of sp³-hybridized carbons (Fsp3) is 0.231. The van der Waals surface area contributed by atoms with Crippen molar-refractivity contribution in [2.75, 3.05) is 28.9 Å². The topological polar surface area (TPSA) is 84.0 Å². The monoisotopic (exact) mass is 478 g/mol. The molecule has 0 radical (unpaired) electrons. The summed E-state index contributed by atoms with van der Waals surface area (Å²) < 4.78 is 33.0. The standard InChI is InChI=1S/C26H26N2O5S/c1-2-28(22-13-4-3-5-14-22)34(31,32)23-15-8-11-21(18-23)26(30)33-19-25(29)27-17-9-12-20-10-6-7-16-24(20)27/h3-8,10-11,13-16,18H,2,9,12,17,19H2,1H3. The summed E-state index contributed by atoms with van der Waals surface area (Å²) in [7, 11) is -3.89. The molecule has 0 N–H and O–H groups in total. The molecule has 1 aliphatic heterocycles. The van der Waals surface area contributed by atoms with Crippen LogP contribution in [0, 0.1) is 0 Å². The highest BCUT2D eigenvalue weighted by atomic mass is 32.2. The number of aryl methyl sites for hydroxylation is 1.